The summed E-state index contributed by atoms with van der Waals surface area (Å²) in [6.45, 7) is 4.34. The van der Waals surface area contributed by atoms with Crippen molar-refractivity contribution < 1.29 is 0 Å². The molecule has 0 aromatic carbocycles. The van der Waals surface area contributed by atoms with E-state index in [1.807, 2.05) is 13.1 Å². The Kier molecular flexibility index (Phi) is 3.66. The molecule has 0 aliphatic carbocycles. The fraction of sp³-hybridized carbons (Fsp3) is 0.556. The maximum absolute atomic E-state index is 4.19. The Hall–Kier alpha value is -0.640. The van der Waals surface area contributed by atoms with Crippen molar-refractivity contribution >= 4 is 21.7 Å². The smallest absolute Gasteiger partial charge is 0.133 e. The minimum atomic E-state index is 0.502. The molecule has 13 heavy (non-hydrogen) atoms. The number of hydrogen-bond acceptors (Lipinski definition) is 3. The Morgan fingerprint density at radius 1 is 1.54 bits per heavy atom. The predicted octanol–water partition coefficient (Wildman–Crippen LogP) is 2.47. The minimum Gasteiger partial charge on any atom is -0.357 e. The van der Waals surface area contributed by atoms with E-state index < -0.39 is 0 Å². The lowest BCUT2D eigenvalue weighted by Crippen LogP contribution is -2.28. The summed E-state index contributed by atoms with van der Waals surface area (Å²) in [6, 6.07) is 2.42. The van der Waals surface area contributed by atoms with E-state index in [1.54, 1.807) is 6.33 Å². The number of hydrogen-bond donors (Lipinski definition) is 0. The van der Waals surface area contributed by atoms with Crippen LogP contribution in [0, 0.1) is 0 Å². The second-order valence-electron chi connectivity index (χ2n) is 3.07. The molecule has 3 nitrogen and oxygen atoms in total. The lowest BCUT2D eigenvalue weighted by atomic mass is 10.2. The number of nitrogens with zero attached hydrogens (tertiary/aromatic N) is 3. The first-order valence-electron chi connectivity index (χ1n) is 4.35. The molecule has 0 saturated heterocycles. The van der Waals surface area contributed by atoms with Crippen LogP contribution in [0.5, 0.6) is 0 Å². The van der Waals surface area contributed by atoms with Crippen LogP contribution in [0.4, 0.5) is 5.82 Å². The van der Waals surface area contributed by atoms with Gasteiger partial charge in [0.15, 0.2) is 0 Å². The van der Waals surface area contributed by atoms with Crippen molar-refractivity contribution in [2.45, 2.75) is 26.3 Å². The highest BCUT2D eigenvalue weighted by molar-refractivity contribution is 9.10. The van der Waals surface area contributed by atoms with Gasteiger partial charge in [-0.15, -0.1) is 0 Å². The number of anilines is 1. The molecule has 0 aliphatic rings. The van der Waals surface area contributed by atoms with E-state index in [0.717, 1.165) is 16.8 Å². The largest absolute Gasteiger partial charge is 0.357 e. The van der Waals surface area contributed by atoms with Crippen molar-refractivity contribution in [3.05, 3.63) is 17.0 Å². The fourth-order valence-electron chi connectivity index (χ4n) is 1.02. The second kappa shape index (κ2) is 4.56. The van der Waals surface area contributed by atoms with Crippen LogP contribution in [0.25, 0.3) is 0 Å². The van der Waals surface area contributed by atoms with Crippen molar-refractivity contribution in [1.82, 2.24) is 9.97 Å². The van der Waals surface area contributed by atoms with Gasteiger partial charge >= 0.3 is 0 Å². The molecule has 4 heteroatoms. The third-order valence-electron chi connectivity index (χ3n) is 2.23. The molecular formula is C9H14BrN3. The van der Waals surface area contributed by atoms with Crippen LogP contribution in [0.1, 0.15) is 20.3 Å². The first-order chi connectivity index (χ1) is 6.15. The molecule has 0 fully saturated rings. The van der Waals surface area contributed by atoms with Gasteiger partial charge < -0.3 is 4.90 Å². The summed E-state index contributed by atoms with van der Waals surface area (Å²) in [6.07, 6.45) is 2.68. The third-order valence-corrected chi connectivity index (χ3v) is 2.67. The molecule has 0 spiro atoms. The van der Waals surface area contributed by atoms with Crippen LogP contribution < -0.4 is 4.90 Å². The van der Waals surface area contributed by atoms with E-state index in [2.05, 4.69) is 44.6 Å². The van der Waals surface area contributed by atoms with Crippen LogP contribution >= 0.6 is 15.9 Å². The molecule has 1 heterocycles. The SMILES string of the molecule is CCC(C)N(C)c1cc(Br)ncn1. The Morgan fingerprint density at radius 2 is 2.23 bits per heavy atom. The molecule has 1 rings (SSSR count). The van der Waals surface area contributed by atoms with Crippen LogP contribution in [0.3, 0.4) is 0 Å². The second-order valence-corrected chi connectivity index (χ2v) is 3.88. The van der Waals surface area contributed by atoms with E-state index in [-0.39, 0.29) is 0 Å². The predicted molar refractivity (Wildman–Crippen MR) is 57.9 cm³/mol. The van der Waals surface area contributed by atoms with Crippen molar-refractivity contribution in [2.75, 3.05) is 11.9 Å². The average Bonchev–Trinajstić information content (AvgIpc) is 2.15. The molecule has 0 radical (unpaired) electrons. The molecule has 0 aliphatic heterocycles. The first kappa shape index (κ1) is 10.4. The molecule has 72 valence electrons. The molecule has 0 amide bonds. The van der Waals surface area contributed by atoms with Crippen LogP contribution in [-0.4, -0.2) is 23.1 Å². The van der Waals surface area contributed by atoms with E-state index in [4.69, 9.17) is 0 Å². The van der Waals surface area contributed by atoms with Gasteiger partial charge in [-0.1, -0.05) is 6.92 Å². The fourth-order valence-corrected chi connectivity index (χ4v) is 1.31. The molecule has 0 N–H and O–H groups in total. The van der Waals surface area contributed by atoms with Gasteiger partial charge in [0, 0.05) is 19.2 Å². The lowest BCUT2D eigenvalue weighted by molar-refractivity contribution is 0.656. The highest BCUT2D eigenvalue weighted by atomic mass is 79.9. The first-order valence-corrected chi connectivity index (χ1v) is 5.14. The maximum atomic E-state index is 4.19. The van der Waals surface area contributed by atoms with Crippen LogP contribution in [0.15, 0.2) is 17.0 Å². The van der Waals surface area contributed by atoms with Gasteiger partial charge in [0.2, 0.25) is 0 Å². The number of aromatic nitrogens is 2. The summed E-state index contributed by atoms with van der Waals surface area (Å²) in [5, 5.41) is 0. The number of halogens is 1. The maximum Gasteiger partial charge on any atom is 0.133 e. The van der Waals surface area contributed by atoms with E-state index in [1.165, 1.54) is 0 Å². The zero-order valence-corrected chi connectivity index (χ0v) is 9.74. The quantitative estimate of drug-likeness (QED) is 0.765. The molecule has 0 saturated carbocycles. The zero-order valence-electron chi connectivity index (χ0n) is 8.16. The molecular weight excluding hydrogens is 230 g/mol. The van der Waals surface area contributed by atoms with E-state index in [9.17, 15) is 0 Å². The standard InChI is InChI=1S/C9H14BrN3/c1-4-7(2)13(3)9-5-8(10)11-6-12-9/h5-7H,4H2,1-3H3. The van der Waals surface area contributed by atoms with Gasteiger partial charge in [-0.3, -0.25) is 0 Å². The zero-order chi connectivity index (χ0) is 9.84. The Labute approximate surface area is 87.3 Å². The van der Waals surface area contributed by atoms with Gasteiger partial charge in [0.05, 0.1) is 0 Å². The van der Waals surface area contributed by atoms with Crippen molar-refractivity contribution in [1.29, 1.82) is 0 Å². The molecule has 1 aromatic heterocycles. The highest BCUT2D eigenvalue weighted by Gasteiger charge is 2.08. The molecule has 0 bridgehead atoms. The Morgan fingerprint density at radius 3 is 2.77 bits per heavy atom. The average molecular weight is 244 g/mol. The van der Waals surface area contributed by atoms with Gasteiger partial charge in [0.25, 0.3) is 0 Å². The summed E-state index contributed by atoms with van der Waals surface area (Å²) >= 11 is 3.32. The summed E-state index contributed by atoms with van der Waals surface area (Å²) < 4.78 is 0.827. The van der Waals surface area contributed by atoms with Crippen LogP contribution in [0.2, 0.25) is 0 Å². The summed E-state index contributed by atoms with van der Waals surface area (Å²) in [7, 11) is 2.04. The van der Waals surface area contributed by atoms with Gasteiger partial charge in [0.1, 0.15) is 16.7 Å². The van der Waals surface area contributed by atoms with Gasteiger partial charge in [-0.2, -0.15) is 0 Å². The topological polar surface area (TPSA) is 29.0 Å². The molecule has 1 atom stereocenters. The Balaban J connectivity index is 2.82. The Bertz CT molecular complexity index is 277. The van der Waals surface area contributed by atoms with E-state index >= 15 is 0 Å². The third kappa shape index (κ3) is 2.66. The highest BCUT2D eigenvalue weighted by Crippen LogP contribution is 2.16. The molecule has 1 unspecified atom stereocenters. The van der Waals surface area contributed by atoms with Crippen LogP contribution in [-0.2, 0) is 0 Å². The monoisotopic (exact) mass is 243 g/mol. The van der Waals surface area contributed by atoms with E-state index in [0.29, 0.717) is 6.04 Å². The minimum absolute atomic E-state index is 0.502. The summed E-state index contributed by atoms with van der Waals surface area (Å²) in [5.74, 6) is 0.955. The normalized spacial score (nSPS) is 12.6. The summed E-state index contributed by atoms with van der Waals surface area (Å²) in [5.41, 5.74) is 0. The number of rotatable bonds is 3. The van der Waals surface area contributed by atoms with Gasteiger partial charge in [-0.05, 0) is 29.3 Å². The lowest BCUT2D eigenvalue weighted by Gasteiger charge is -2.24. The van der Waals surface area contributed by atoms with Crippen molar-refractivity contribution in [3.8, 4) is 0 Å². The van der Waals surface area contributed by atoms with Crippen molar-refractivity contribution in [2.24, 2.45) is 0 Å². The van der Waals surface area contributed by atoms with Gasteiger partial charge in [-0.25, -0.2) is 9.97 Å². The summed E-state index contributed by atoms with van der Waals surface area (Å²) in [4.78, 5) is 10.3. The van der Waals surface area contributed by atoms with Crippen molar-refractivity contribution in [3.63, 3.8) is 0 Å². The molecule has 1 aromatic rings.